The molecule has 0 bridgehead atoms. The monoisotopic (exact) mass is 433 g/mol. The summed E-state index contributed by atoms with van der Waals surface area (Å²) in [5.41, 5.74) is 2.58. The fourth-order valence-corrected chi connectivity index (χ4v) is 4.02. The van der Waals surface area contributed by atoms with E-state index in [-0.39, 0.29) is 34.6 Å². The van der Waals surface area contributed by atoms with Crippen molar-refractivity contribution in [1.29, 1.82) is 0 Å². The number of aryl methyl sites for hydroxylation is 1. The lowest BCUT2D eigenvalue weighted by molar-refractivity contribution is -0.118. The zero-order valence-electron chi connectivity index (χ0n) is 18.1. The van der Waals surface area contributed by atoms with E-state index in [9.17, 15) is 14.4 Å². The fourth-order valence-electron chi connectivity index (χ4n) is 2.89. The molecule has 0 unspecified atom stereocenters. The number of carbonyl (C=O) groups is 3. The first kappa shape index (κ1) is 23.4. The molecule has 0 aliphatic heterocycles. The standard InChI is InChI=1S/C22H27NO6S/c1-7-28-21(25)18-14(5)19(22(26)27-6)30-20(18)23-17(24)11-29-16-10-13(4)8-9-15(16)12(2)3/h8-10,12H,7,11H2,1-6H3,(H,23,24). The molecule has 1 heterocycles. The van der Waals surface area contributed by atoms with Crippen LogP contribution in [0.5, 0.6) is 5.75 Å². The van der Waals surface area contributed by atoms with Gasteiger partial charge >= 0.3 is 11.9 Å². The molecule has 0 aliphatic rings. The molecule has 0 fully saturated rings. The molecule has 0 saturated heterocycles. The van der Waals surface area contributed by atoms with Crippen molar-refractivity contribution in [3.63, 3.8) is 0 Å². The van der Waals surface area contributed by atoms with Gasteiger partial charge in [-0.25, -0.2) is 9.59 Å². The van der Waals surface area contributed by atoms with Gasteiger partial charge in [0.2, 0.25) is 0 Å². The number of rotatable bonds is 8. The molecule has 0 radical (unpaired) electrons. The SMILES string of the molecule is CCOC(=O)c1c(NC(=O)COc2cc(C)ccc2C(C)C)sc(C(=O)OC)c1C. The second kappa shape index (κ2) is 10.2. The van der Waals surface area contributed by atoms with Crippen LogP contribution in [0.4, 0.5) is 5.00 Å². The third-order valence-corrected chi connectivity index (χ3v) is 5.59. The van der Waals surface area contributed by atoms with E-state index in [1.54, 1.807) is 13.8 Å². The smallest absolute Gasteiger partial charge is 0.348 e. The molecular weight excluding hydrogens is 406 g/mol. The van der Waals surface area contributed by atoms with Crippen LogP contribution in [0.3, 0.4) is 0 Å². The van der Waals surface area contributed by atoms with Gasteiger partial charge in [0.15, 0.2) is 6.61 Å². The highest BCUT2D eigenvalue weighted by atomic mass is 32.1. The number of ether oxygens (including phenoxy) is 3. The van der Waals surface area contributed by atoms with Crippen LogP contribution in [0, 0.1) is 13.8 Å². The van der Waals surface area contributed by atoms with Crippen LogP contribution in [0.1, 0.15) is 63.4 Å². The Bertz CT molecular complexity index is 947. The van der Waals surface area contributed by atoms with E-state index in [0.29, 0.717) is 11.3 Å². The van der Waals surface area contributed by atoms with Gasteiger partial charge in [0, 0.05) is 0 Å². The van der Waals surface area contributed by atoms with Gasteiger partial charge in [-0.05, 0) is 49.4 Å². The van der Waals surface area contributed by atoms with Crippen LogP contribution in [0.15, 0.2) is 18.2 Å². The summed E-state index contributed by atoms with van der Waals surface area (Å²) in [4.78, 5) is 37.2. The molecule has 1 amide bonds. The van der Waals surface area contributed by atoms with E-state index in [1.807, 2.05) is 39.0 Å². The number of esters is 2. The van der Waals surface area contributed by atoms with Crippen LogP contribution in [0.25, 0.3) is 0 Å². The molecule has 0 atom stereocenters. The Kier molecular flexibility index (Phi) is 8.00. The van der Waals surface area contributed by atoms with Crippen molar-refractivity contribution in [3.8, 4) is 5.75 Å². The topological polar surface area (TPSA) is 90.9 Å². The van der Waals surface area contributed by atoms with E-state index in [1.165, 1.54) is 7.11 Å². The largest absolute Gasteiger partial charge is 0.483 e. The summed E-state index contributed by atoms with van der Waals surface area (Å²) in [6.07, 6.45) is 0. The Labute approximate surface area is 180 Å². The maximum atomic E-state index is 12.5. The minimum atomic E-state index is -0.613. The van der Waals surface area contributed by atoms with Gasteiger partial charge in [-0.15, -0.1) is 11.3 Å². The molecule has 0 aliphatic carbocycles. The Morgan fingerprint density at radius 2 is 1.83 bits per heavy atom. The Morgan fingerprint density at radius 1 is 1.13 bits per heavy atom. The van der Waals surface area contributed by atoms with Crippen molar-refractivity contribution in [1.82, 2.24) is 0 Å². The molecule has 30 heavy (non-hydrogen) atoms. The number of thiophene rings is 1. The highest BCUT2D eigenvalue weighted by Crippen LogP contribution is 2.34. The summed E-state index contributed by atoms with van der Waals surface area (Å²) in [5, 5.41) is 2.90. The zero-order valence-corrected chi connectivity index (χ0v) is 18.9. The Balaban J connectivity index is 2.23. The molecule has 7 nitrogen and oxygen atoms in total. The molecule has 1 N–H and O–H groups in total. The lowest BCUT2D eigenvalue weighted by Crippen LogP contribution is -2.21. The van der Waals surface area contributed by atoms with Gasteiger partial charge in [-0.3, -0.25) is 4.79 Å². The van der Waals surface area contributed by atoms with Crippen LogP contribution in [-0.4, -0.2) is 38.2 Å². The number of benzene rings is 1. The first-order chi connectivity index (χ1) is 14.2. The third kappa shape index (κ3) is 5.38. The van der Waals surface area contributed by atoms with Gasteiger partial charge in [0.1, 0.15) is 15.6 Å². The lowest BCUT2D eigenvalue weighted by Gasteiger charge is -2.15. The lowest BCUT2D eigenvalue weighted by atomic mass is 10.0. The first-order valence-corrected chi connectivity index (χ1v) is 10.4. The van der Waals surface area contributed by atoms with E-state index < -0.39 is 17.8 Å². The molecule has 8 heteroatoms. The summed E-state index contributed by atoms with van der Waals surface area (Å²) in [6.45, 7) is 9.27. The third-order valence-electron chi connectivity index (χ3n) is 4.40. The van der Waals surface area contributed by atoms with Gasteiger partial charge in [-0.2, -0.15) is 0 Å². The average molecular weight is 434 g/mol. The predicted octanol–water partition coefficient (Wildman–Crippen LogP) is 4.47. The molecule has 2 rings (SSSR count). The molecule has 0 spiro atoms. The number of carbonyl (C=O) groups excluding carboxylic acids is 3. The van der Waals surface area contributed by atoms with Crippen molar-refractivity contribution in [3.05, 3.63) is 45.3 Å². The van der Waals surface area contributed by atoms with Crippen LogP contribution in [0.2, 0.25) is 0 Å². The van der Waals surface area contributed by atoms with Gasteiger partial charge < -0.3 is 19.5 Å². The van der Waals surface area contributed by atoms with E-state index >= 15 is 0 Å². The second-order valence-electron chi connectivity index (χ2n) is 7.01. The Hall–Kier alpha value is -2.87. The first-order valence-electron chi connectivity index (χ1n) is 9.61. The fraction of sp³-hybridized carbons (Fsp3) is 0.409. The molecular formula is C22H27NO6S. The summed E-state index contributed by atoms with van der Waals surface area (Å²) < 4.78 is 15.6. The number of nitrogens with one attached hydrogen (secondary N) is 1. The summed E-state index contributed by atoms with van der Waals surface area (Å²) in [6, 6.07) is 5.87. The maximum absolute atomic E-state index is 12.5. The van der Waals surface area contributed by atoms with Gasteiger partial charge in [-0.1, -0.05) is 26.0 Å². The van der Waals surface area contributed by atoms with Gasteiger partial charge in [0.05, 0.1) is 19.3 Å². The summed E-state index contributed by atoms with van der Waals surface area (Å²) in [7, 11) is 1.26. The molecule has 1 aromatic heterocycles. The van der Waals surface area contributed by atoms with Crippen LogP contribution in [-0.2, 0) is 14.3 Å². The summed E-state index contributed by atoms with van der Waals surface area (Å²) in [5.74, 6) is -0.765. The highest BCUT2D eigenvalue weighted by Gasteiger charge is 2.27. The van der Waals surface area contributed by atoms with E-state index in [2.05, 4.69) is 5.32 Å². The van der Waals surface area contributed by atoms with Crippen molar-refractivity contribution in [2.45, 2.75) is 40.5 Å². The number of anilines is 1. The van der Waals surface area contributed by atoms with Crippen LogP contribution < -0.4 is 10.1 Å². The molecule has 1 aromatic carbocycles. The predicted molar refractivity (Wildman–Crippen MR) is 116 cm³/mol. The second-order valence-corrected chi connectivity index (χ2v) is 8.03. The van der Waals surface area contributed by atoms with Crippen molar-refractivity contribution in [2.75, 3.05) is 25.6 Å². The molecule has 2 aromatic rings. The number of methoxy groups -OCH3 is 1. The van der Waals surface area contributed by atoms with E-state index in [4.69, 9.17) is 14.2 Å². The maximum Gasteiger partial charge on any atom is 0.348 e. The number of amides is 1. The van der Waals surface area contributed by atoms with E-state index in [0.717, 1.165) is 22.5 Å². The summed E-state index contributed by atoms with van der Waals surface area (Å²) >= 11 is 0.971. The van der Waals surface area contributed by atoms with Crippen molar-refractivity contribution >= 4 is 34.2 Å². The minimum Gasteiger partial charge on any atom is -0.483 e. The van der Waals surface area contributed by atoms with Crippen LogP contribution >= 0.6 is 11.3 Å². The van der Waals surface area contributed by atoms with Gasteiger partial charge in [0.25, 0.3) is 5.91 Å². The average Bonchev–Trinajstić information content (AvgIpc) is 3.01. The number of hydrogen-bond acceptors (Lipinski definition) is 7. The van der Waals surface area contributed by atoms with Crippen molar-refractivity contribution < 1.29 is 28.6 Å². The zero-order chi connectivity index (χ0) is 22.4. The molecule has 0 saturated carbocycles. The van der Waals surface area contributed by atoms with Crippen molar-refractivity contribution in [2.24, 2.45) is 0 Å². The number of hydrogen-bond donors (Lipinski definition) is 1. The normalized spacial score (nSPS) is 10.6. The Morgan fingerprint density at radius 3 is 2.43 bits per heavy atom. The quantitative estimate of drug-likeness (QED) is 0.618. The highest BCUT2D eigenvalue weighted by molar-refractivity contribution is 7.18. The molecule has 162 valence electrons. The minimum absolute atomic E-state index is 0.147.